The van der Waals surface area contributed by atoms with Gasteiger partial charge in [0.2, 0.25) is 0 Å². The zero-order valence-corrected chi connectivity index (χ0v) is 17.6. The molecule has 28 heavy (non-hydrogen) atoms. The Kier molecular flexibility index (Phi) is 8.00. The largest absolute Gasteiger partial charge is 0.206 e. The average molecular weight is 383 g/mol. The molecule has 1 heterocycles. The molecule has 3 heteroatoms. The van der Waals surface area contributed by atoms with Crippen LogP contribution in [0.1, 0.15) is 82.9 Å². The van der Waals surface area contributed by atoms with E-state index in [9.17, 15) is 4.39 Å². The molecule has 0 N–H and O–H groups in total. The lowest BCUT2D eigenvalue weighted by Crippen LogP contribution is -2.15. The Balaban J connectivity index is 1.48. The third-order valence-corrected chi connectivity index (χ3v) is 6.41. The second-order valence-corrected chi connectivity index (χ2v) is 8.50. The number of nitrogens with zero attached hydrogens (tertiary/aromatic N) is 2. The van der Waals surface area contributed by atoms with Gasteiger partial charge in [-0.05, 0) is 60.9 Å². The predicted octanol–water partition coefficient (Wildman–Crippen LogP) is 7.16. The molecule has 1 saturated carbocycles. The molecule has 0 amide bonds. The Hall–Kier alpha value is -1.77. The predicted molar refractivity (Wildman–Crippen MR) is 115 cm³/mol. The summed E-state index contributed by atoms with van der Waals surface area (Å²) in [5.41, 5.74) is 3.19. The molecule has 0 saturated heterocycles. The first-order valence-electron chi connectivity index (χ1n) is 11.3. The van der Waals surface area contributed by atoms with Gasteiger partial charge >= 0.3 is 0 Å². The summed E-state index contributed by atoms with van der Waals surface area (Å²) in [6, 6.07) is 9.41. The van der Waals surface area contributed by atoms with E-state index in [4.69, 9.17) is 0 Å². The number of hydrogen-bond donors (Lipinski definition) is 0. The fourth-order valence-corrected chi connectivity index (χ4v) is 4.48. The monoisotopic (exact) mass is 382 g/mol. The SMILES string of the molecule is CCCCCC1CCC(CCc2ccc(-c3ccc(CC)nn3)c(F)c2)CC1. The summed E-state index contributed by atoms with van der Waals surface area (Å²) in [6.07, 6.45) is 14.1. The maximum absolute atomic E-state index is 14.6. The highest BCUT2D eigenvalue weighted by Gasteiger charge is 2.20. The minimum atomic E-state index is -0.185. The first kappa shape index (κ1) is 21.0. The molecular formula is C25H35FN2. The Morgan fingerprint density at radius 3 is 2.25 bits per heavy atom. The summed E-state index contributed by atoms with van der Waals surface area (Å²) in [7, 11) is 0. The van der Waals surface area contributed by atoms with Crippen molar-refractivity contribution >= 4 is 0 Å². The van der Waals surface area contributed by atoms with Gasteiger partial charge in [-0.25, -0.2) is 4.39 Å². The molecule has 3 rings (SSSR count). The molecule has 152 valence electrons. The summed E-state index contributed by atoms with van der Waals surface area (Å²) in [5.74, 6) is 1.59. The lowest BCUT2D eigenvalue weighted by atomic mass is 9.78. The van der Waals surface area contributed by atoms with Crippen LogP contribution < -0.4 is 0 Å². The van der Waals surface area contributed by atoms with Crippen LogP contribution in [0.4, 0.5) is 4.39 Å². The first-order chi connectivity index (χ1) is 13.7. The quantitative estimate of drug-likeness (QED) is 0.430. The standard InChI is InChI=1S/C25H35FN2/c1-3-5-6-7-19-8-10-20(11-9-19)12-13-21-14-16-23(24(26)18-21)25-17-15-22(4-2)27-28-25/h14-20H,3-13H2,1-2H3. The third-order valence-electron chi connectivity index (χ3n) is 6.41. The number of rotatable bonds is 9. The van der Waals surface area contributed by atoms with E-state index in [0.717, 1.165) is 35.9 Å². The van der Waals surface area contributed by atoms with Gasteiger partial charge in [-0.2, -0.15) is 10.2 Å². The van der Waals surface area contributed by atoms with Gasteiger partial charge in [0.05, 0.1) is 11.4 Å². The van der Waals surface area contributed by atoms with Crippen LogP contribution >= 0.6 is 0 Å². The van der Waals surface area contributed by atoms with E-state index in [2.05, 4.69) is 23.2 Å². The summed E-state index contributed by atoms with van der Waals surface area (Å²) in [4.78, 5) is 0. The van der Waals surface area contributed by atoms with Crippen molar-refractivity contribution < 1.29 is 4.39 Å². The van der Waals surface area contributed by atoms with E-state index >= 15 is 0 Å². The zero-order chi connectivity index (χ0) is 19.8. The molecule has 1 aromatic heterocycles. The van der Waals surface area contributed by atoms with E-state index in [1.54, 1.807) is 6.07 Å². The molecule has 0 radical (unpaired) electrons. The molecule has 1 fully saturated rings. The van der Waals surface area contributed by atoms with Crippen LogP contribution in [0.3, 0.4) is 0 Å². The van der Waals surface area contributed by atoms with Crippen molar-refractivity contribution in [3.05, 3.63) is 47.4 Å². The van der Waals surface area contributed by atoms with Crippen LogP contribution in [0.2, 0.25) is 0 Å². The van der Waals surface area contributed by atoms with Crippen LogP contribution in [0, 0.1) is 17.7 Å². The van der Waals surface area contributed by atoms with Crippen LogP contribution in [-0.4, -0.2) is 10.2 Å². The molecule has 1 aliphatic rings. The second-order valence-electron chi connectivity index (χ2n) is 8.50. The van der Waals surface area contributed by atoms with Gasteiger partial charge < -0.3 is 0 Å². The van der Waals surface area contributed by atoms with E-state index in [-0.39, 0.29) is 5.82 Å². The van der Waals surface area contributed by atoms with E-state index < -0.39 is 0 Å². The van der Waals surface area contributed by atoms with Crippen LogP contribution in [-0.2, 0) is 12.8 Å². The number of aromatic nitrogens is 2. The van der Waals surface area contributed by atoms with Crippen LogP contribution in [0.25, 0.3) is 11.3 Å². The molecule has 1 aliphatic carbocycles. The highest BCUT2D eigenvalue weighted by Crippen LogP contribution is 2.34. The van der Waals surface area contributed by atoms with Gasteiger partial charge in [0.25, 0.3) is 0 Å². The van der Waals surface area contributed by atoms with E-state index in [1.807, 2.05) is 25.1 Å². The number of aryl methyl sites for hydroxylation is 2. The maximum Gasteiger partial charge on any atom is 0.132 e. The molecule has 0 atom stereocenters. The summed E-state index contributed by atoms with van der Waals surface area (Å²) >= 11 is 0. The fraction of sp³-hybridized carbons (Fsp3) is 0.600. The Labute approximate surface area is 170 Å². The van der Waals surface area contributed by atoms with Gasteiger partial charge in [0.15, 0.2) is 0 Å². The summed E-state index contributed by atoms with van der Waals surface area (Å²) in [5, 5.41) is 8.32. The van der Waals surface area contributed by atoms with Crippen molar-refractivity contribution in [2.75, 3.05) is 0 Å². The summed E-state index contributed by atoms with van der Waals surface area (Å²) in [6.45, 7) is 4.32. The van der Waals surface area contributed by atoms with Crippen molar-refractivity contribution in [1.82, 2.24) is 10.2 Å². The number of unbranched alkanes of at least 4 members (excludes halogenated alkanes) is 2. The lowest BCUT2D eigenvalue weighted by molar-refractivity contribution is 0.249. The maximum atomic E-state index is 14.6. The van der Waals surface area contributed by atoms with Gasteiger partial charge in [-0.3, -0.25) is 0 Å². The second kappa shape index (κ2) is 10.7. The van der Waals surface area contributed by atoms with Crippen molar-refractivity contribution in [3.63, 3.8) is 0 Å². The van der Waals surface area contributed by atoms with Gasteiger partial charge in [-0.1, -0.05) is 71.3 Å². The Morgan fingerprint density at radius 1 is 0.893 bits per heavy atom. The highest BCUT2D eigenvalue weighted by molar-refractivity contribution is 5.59. The first-order valence-corrected chi connectivity index (χ1v) is 11.3. The van der Waals surface area contributed by atoms with E-state index in [0.29, 0.717) is 11.3 Å². The molecule has 2 nitrogen and oxygen atoms in total. The molecular weight excluding hydrogens is 347 g/mol. The zero-order valence-electron chi connectivity index (χ0n) is 17.6. The van der Waals surface area contributed by atoms with Gasteiger partial charge in [0, 0.05) is 5.56 Å². The van der Waals surface area contributed by atoms with Crippen molar-refractivity contribution in [3.8, 4) is 11.3 Å². The summed E-state index contributed by atoms with van der Waals surface area (Å²) < 4.78 is 14.6. The normalized spacial score (nSPS) is 19.7. The topological polar surface area (TPSA) is 25.8 Å². The van der Waals surface area contributed by atoms with Gasteiger partial charge in [-0.15, -0.1) is 0 Å². The number of benzene rings is 1. The minimum Gasteiger partial charge on any atom is -0.206 e. The van der Waals surface area contributed by atoms with Crippen molar-refractivity contribution in [1.29, 1.82) is 0 Å². The Morgan fingerprint density at radius 2 is 1.64 bits per heavy atom. The molecule has 1 aromatic carbocycles. The average Bonchev–Trinajstić information content (AvgIpc) is 2.73. The minimum absolute atomic E-state index is 0.185. The van der Waals surface area contributed by atoms with Crippen LogP contribution in [0.5, 0.6) is 0 Å². The number of halogens is 1. The highest BCUT2D eigenvalue weighted by atomic mass is 19.1. The Bertz CT molecular complexity index is 718. The van der Waals surface area contributed by atoms with Gasteiger partial charge in [0.1, 0.15) is 5.82 Å². The van der Waals surface area contributed by atoms with Crippen molar-refractivity contribution in [2.24, 2.45) is 11.8 Å². The smallest absolute Gasteiger partial charge is 0.132 e. The molecule has 0 spiro atoms. The third kappa shape index (κ3) is 5.86. The fourth-order valence-electron chi connectivity index (χ4n) is 4.48. The number of hydrogen-bond acceptors (Lipinski definition) is 2. The molecule has 0 unspecified atom stereocenters. The van der Waals surface area contributed by atoms with E-state index in [1.165, 1.54) is 57.8 Å². The van der Waals surface area contributed by atoms with Crippen LogP contribution in [0.15, 0.2) is 30.3 Å². The molecule has 2 aromatic rings. The lowest BCUT2D eigenvalue weighted by Gasteiger charge is -2.28. The molecule has 0 aliphatic heterocycles. The molecule has 0 bridgehead atoms. The van der Waals surface area contributed by atoms with Crippen molar-refractivity contribution in [2.45, 2.75) is 84.5 Å².